The highest BCUT2D eigenvalue weighted by Crippen LogP contribution is 2.33. The van der Waals surface area contributed by atoms with Gasteiger partial charge in [0, 0.05) is 18.2 Å². The van der Waals surface area contributed by atoms with Gasteiger partial charge in [-0.15, -0.1) is 0 Å². The predicted molar refractivity (Wildman–Crippen MR) is 106 cm³/mol. The Labute approximate surface area is 168 Å². The van der Waals surface area contributed by atoms with Crippen molar-refractivity contribution in [3.8, 4) is 11.5 Å². The standard InChI is InChI=1S/C22H22N2O5/c1-13(2)19(24-21(26)15-6-3-4-7-16(15)22(24)27)20(25)23-14-8-9-17-18(12-14)29-11-5-10-28-17/h3-4,6-9,12-13,19H,5,10-11H2,1-2H3,(H,23,25)/t19-/m0/s1. The summed E-state index contributed by atoms with van der Waals surface area (Å²) in [4.78, 5) is 39.8. The van der Waals surface area contributed by atoms with Gasteiger partial charge in [-0.2, -0.15) is 0 Å². The van der Waals surface area contributed by atoms with Gasteiger partial charge in [-0.1, -0.05) is 26.0 Å². The number of carbonyl (C=O) groups excluding carboxylic acids is 3. The molecule has 1 atom stereocenters. The van der Waals surface area contributed by atoms with Crippen molar-refractivity contribution in [2.24, 2.45) is 5.92 Å². The van der Waals surface area contributed by atoms with E-state index in [1.165, 1.54) is 0 Å². The normalized spacial score (nSPS) is 16.4. The number of hydrogen-bond donors (Lipinski definition) is 1. The predicted octanol–water partition coefficient (Wildman–Crippen LogP) is 3.11. The van der Waals surface area contributed by atoms with E-state index in [1.54, 1.807) is 42.5 Å². The van der Waals surface area contributed by atoms with E-state index in [-0.39, 0.29) is 5.92 Å². The molecule has 0 spiro atoms. The van der Waals surface area contributed by atoms with Crippen LogP contribution in [0.4, 0.5) is 5.69 Å². The van der Waals surface area contributed by atoms with Crippen molar-refractivity contribution in [3.05, 3.63) is 53.6 Å². The number of carbonyl (C=O) groups is 3. The molecule has 0 aromatic heterocycles. The van der Waals surface area contributed by atoms with E-state index in [0.29, 0.717) is 41.5 Å². The molecule has 0 saturated heterocycles. The molecule has 29 heavy (non-hydrogen) atoms. The molecule has 4 rings (SSSR count). The summed E-state index contributed by atoms with van der Waals surface area (Å²) in [5.41, 5.74) is 1.17. The number of nitrogens with zero attached hydrogens (tertiary/aromatic N) is 1. The molecule has 1 N–H and O–H groups in total. The molecule has 0 unspecified atom stereocenters. The van der Waals surface area contributed by atoms with Crippen LogP contribution in [0.5, 0.6) is 11.5 Å². The van der Waals surface area contributed by atoms with Crippen LogP contribution in [0.3, 0.4) is 0 Å². The summed E-state index contributed by atoms with van der Waals surface area (Å²) in [5, 5.41) is 2.82. The number of ether oxygens (including phenoxy) is 2. The number of amides is 3. The Kier molecular flexibility index (Phi) is 4.96. The Hall–Kier alpha value is -3.35. The molecular weight excluding hydrogens is 372 g/mol. The van der Waals surface area contributed by atoms with Crippen LogP contribution in [0, 0.1) is 5.92 Å². The molecule has 2 aliphatic heterocycles. The van der Waals surface area contributed by atoms with Gasteiger partial charge in [-0.3, -0.25) is 19.3 Å². The highest BCUT2D eigenvalue weighted by atomic mass is 16.5. The quantitative estimate of drug-likeness (QED) is 0.806. The second-order valence-corrected chi connectivity index (χ2v) is 7.42. The molecule has 0 aliphatic carbocycles. The molecule has 2 aliphatic rings. The highest BCUT2D eigenvalue weighted by molar-refractivity contribution is 6.23. The van der Waals surface area contributed by atoms with Crippen molar-refractivity contribution in [1.29, 1.82) is 0 Å². The third kappa shape index (κ3) is 3.44. The number of imide groups is 1. The Morgan fingerprint density at radius 3 is 2.21 bits per heavy atom. The number of hydrogen-bond acceptors (Lipinski definition) is 5. The first-order valence-corrected chi connectivity index (χ1v) is 9.65. The van der Waals surface area contributed by atoms with Gasteiger partial charge in [-0.05, 0) is 30.2 Å². The molecule has 2 heterocycles. The minimum atomic E-state index is -0.932. The van der Waals surface area contributed by atoms with E-state index in [4.69, 9.17) is 9.47 Å². The third-order valence-corrected chi connectivity index (χ3v) is 5.02. The first kappa shape index (κ1) is 19.0. The fourth-order valence-electron chi connectivity index (χ4n) is 3.64. The van der Waals surface area contributed by atoms with Crippen molar-refractivity contribution in [2.75, 3.05) is 18.5 Å². The van der Waals surface area contributed by atoms with E-state index in [1.807, 2.05) is 13.8 Å². The van der Waals surface area contributed by atoms with Gasteiger partial charge in [0.1, 0.15) is 6.04 Å². The van der Waals surface area contributed by atoms with E-state index in [2.05, 4.69) is 5.32 Å². The van der Waals surface area contributed by atoms with Gasteiger partial charge in [0.25, 0.3) is 11.8 Å². The first-order valence-electron chi connectivity index (χ1n) is 9.65. The van der Waals surface area contributed by atoms with Crippen molar-refractivity contribution in [1.82, 2.24) is 4.90 Å². The van der Waals surface area contributed by atoms with Crippen LogP contribution in [0.1, 0.15) is 41.0 Å². The molecule has 150 valence electrons. The lowest BCUT2D eigenvalue weighted by Crippen LogP contribution is -2.50. The Bertz CT molecular complexity index is 950. The minimum Gasteiger partial charge on any atom is -0.490 e. The Morgan fingerprint density at radius 2 is 1.59 bits per heavy atom. The summed E-state index contributed by atoms with van der Waals surface area (Å²) in [5.74, 6) is -0.402. The van der Waals surface area contributed by atoms with Crippen molar-refractivity contribution in [3.63, 3.8) is 0 Å². The largest absolute Gasteiger partial charge is 0.490 e. The SMILES string of the molecule is CC(C)[C@@H](C(=O)Nc1ccc2c(c1)OCCCO2)N1C(=O)c2ccccc2C1=O. The maximum atomic E-state index is 13.1. The van der Waals surface area contributed by atoms with Gasteiger partial charge in [0.2, 0.25) is 5.91 Å². The molecule has 0 saturated carbocycles. The topological polar surface area (TPSA) is 84.9 Å². The summed E-state index contributed by atoms with van der Waals surface area (Å²) >= 11 is 0. The van der Waals surface area contributed by atoms with Crippen LogP contribution < -0.4 is 14.8 Å². The zero-order valence-corrected chi connectivity index (χ0v) is 16.3. The van der Waals surface area contributed by atoms with Crippen LogP contribution in [0.25, 0.3) is 0 Å². The summed E-state index contributed by atoms with van der Waals surface area (Å²) in [7, 11) is 0. The minimum absolute atomic E-state index is 0.266. The zero-order chi connectivity index (χ0) is 20.5. The van der Waals surface area contributed by atoms with Crippen LogP contribution >= 0.6 is 0 Å². The van der Waals surface area contributed by atoms with E-state index in [9.17, 15) is 14.4 Å². The molecular formula is C22H22N2O5. The number of nitrogens with one attached hydrogen (secondary N) is 1. The lowest BCUT2D eigenvalue weighted by Gasteiger charge is -2.28. The molecule has 7 heteroatoms. The van der Waals surface area contributed by atoms with Gasteiger partial charge in [-0.25, -0.2) is 0 Å². The van der Waals surface area contributed by atoms with Crippen molar-refractivity contribution in [2.45, 2.75) is 26.3 Å². The molecule has 0 bridgehead atoms. The molecule has 2 aromatic carbocycles. The molecule has 0 fully saturated rings. The summed E-state index contributed by atoms with van der Waals surface area (Å²) in [6.45, 7) is 4.73. The van der Waals surface area contributed by atoms with Crippen molar-refractivity contribution >= 4 is 23.4 Å². The number of anilines is 1. The molecule has 0 radical (unpaired) electrons. The number of rotatable bonds is 4. The highest BCUT2D eigenvalue weighted by Gasteiger charge is 2.43. The lowest BCUT2D eigenvalue weighted by atomic mass is 10.0. The average Bonchev–Trinajstić information content (AvgIpc) is 2.86. The van der Waals surface area contributed by atoms with E-state index >= 15 is 0 Å². The number of benzene rings is 2. The van der Waals surface area contributed by atoms with Gasteiger partial charge in [0.15, 0.2) is 11.5 Å². The van der Waals surface area contributed by atoms with E-state index in [0.717, 1.165) is 11.3 Å². The van der Waals surface area contributed by atoms with Crippen LogP contribution in [0.15, 0.2) is 42.5 Å². The molecule has 2 aromatic rings. The van der Waals surface area contributed by atoms with Crippen LogP contribution in [0.2, 0.25) is 0 Å². The second kappa shape index (κ2) is 7.58. The fourth-order valence-corrected chi connectivity index (χ4v) is 3.64. The summed E-state index contributed by atoms with van der Waals surface area (Å²) in [6.07, 6.45) is 0.783. The first-order chi connectivity index (χ1) is 14.0. The summed E-state index contributed by atoms with van der Waals surface area (Å²) < 4.78 is 11.3. The number of fused-ring (bicyclic) bond motifs is 2. The Morgan fingerprint density at radius 1 is 0.966 bits per heavy atom. The average molecular weight is 394 g/mol. The monoisotopic (exact) mass is 394 g/mol. The van der Waals surface area contributed by atoms with Gasteiger partial charge in [0.05, 0.1) is 24.3 Å². The molecule has 3 amide bonds. The van der Waals surface area contributed by atoms with Crippen LogP contribution in [-0.2, 0) is 4.79 Å². The maximum Gasteiger partial charge on any atom is 0.262 e. The smallest absolute Gasteiger partial charge is 0.262 e. The molecule has 7 nitrogen and oxygen atoms in total. The van der Waals surface area contributed by atoms with E-state index < -0.39 is 23.8 Å². The Balaban J connectivity index is 1.59. The van der Waals surface area contributed by atoms with Gasteiger partial charge >= 0.3 is 0 Å². The third-order valence-electron chi connectivity index (χ3n) is 5.02. The van der Waals surface area contributed by atoms with Gasteiger partial charge < -0.3 is 14.8 Å². The zero-order valence-electron chi connectivity index (χ0n) is 16.3. The fraction of sp³-hybridized carbons (Fsp3) is 0.318. The van der Waals surface area contributed by atoms with Crippen LogP contribution in [-0.4, -0.2) is 41.9 Å². The second-order valence-electron chi connectivity index (χ2n) is 7.42. The maximum absolute atomic E-state index is 13.1. The summed E-state index contributed by atoms with van der Waals surface area (Å²) in [6, 6.07) is 10.8. The van der Waals surface area contributed by atoms with Crippen molar-refractivity contribution < 1.29 is 23.9 Å². The lowest BCUT2D eigenvalue weighted by molar-refractivity contribution is -0.121.